The summed E-state index contributed by atoms with van der Waals surface area (Å²) < 4.78 is 5.81. The summed E-state index contributed by atoms with van der Waals surface area (Å²) in [6.45, 7) is 0. The number of fused-ring (bicyclic) bond motifs is 1. The van der Waals surface area contributed by atoms with Gasteiger partial charge in [0.2, 0.25) is 0 Å². The number of ether oxygens (including phenoxy) is 1. The van der Waals surface area contributed by atoms with Gasteiger partial charge in [0.25, 0.3) is 5.91 Å². The molecule has 120 valence electrons. The summed E-state index contributed by atoms with van der Waals surface area (Å²) in [5.74, 6) is 1.84. The number of rotatable bonds is 3. The highest BCUT2D eigenvalue weighted by molar-refractivity contribution is 7.99. The summed E-state index contributed by atoms with van der Waals surface area (Å²) in [6, 6.07) is 15.2. The molecule has 0 radical (unpaired) electrons. The Kier molecular flexibility index (Phi) is 3.92. The Morgan fingerprint density at radius 1 is 1.25 bits per heavy atom. The van der Waals surface area contributed by atoms with Crippen LogP contribution >= 0.6 is 11.8 Å². The molecule has 0 aliphatic carbocycles. The molecule has 7 heteroatoms. The Morgan fingerprint density at radius 3 is 3.04 bits per heavy atom. The van der Waals surface area contributed by atoms with E-state index >= 15 is 0 Å². The third-order valence-corrected chi connectivity index (χ3v) is 4.74. The molecule has 24 heavy (non-hydrogen) atoms. The lowest BCUT2D eigenvalue weighted by Crippen LogP contribution is -2.36. The Hall–Kier alpha value is -2.80. The van der Waals surface area contributed by atoms with Gasteiger partial charge in [-0.1, -0.05) is 24.3 Å². The van der Waals surface area contributed by atoms with Crippen LogP contribution in [-0.2, 0) is 4.79 Å². The van der Waals surface area contributed by atoms with Crippen molar-refractivity contribution in [2.75, 3.05) is 11.1 Å². The number of aromatic nitrogens is 3. The molecule has 1 atom stereocenters. The Morgan fingerprint density at radius 2 is 2.17 bits per heavy atom. The molecule has 2 aromatic carbocycles. The Balaban J connectivity index is 1.48. The molecule has 4 rings (SSSR count). The molecule has 2 heterocycles. The largest absolute Gasteiger partial charge is 0.479 e. The molecule has 1 aromatic heterocycles. The van der Waals surface area contributed by atoms with Gasteiger partial charge in [0, 0.05) is 21.9 Å². The fourth-order valence-corrected chi connectivity index (χ4v) is 3.44. The van der Waals surface area contributed by atoms with Crippen LogP contribution in [-0.4, -0.2) is 32.9 Å². The highest BCUT2D eigenvalue weighted by Crippen LogP contribution is 2.35. The zero-order valence-electron chi connectivity index (χ0n) is 12.6. The van der Waals surface area contributed by atoms with Crippen molar-refractivity contribution in [3.63, 3.8) is 0 Å². The summed E-state index contributed by atoms with van der Waals surface area (Å²) >= 11 is 1.63. The number of carbonyl (C=O) groups is 1. The van der Waals surface area contributed by atoms with Crippen LogP contribution in [0.1, 0.15) is 0 Å². The molecule has 0 unspecified atom stereocenters. The SMILES string of the molecule is O=C(Nc1cccc(-c2ncn[nH]2)c1)[C@H]1CSc2ccccc2O1. The van der Waals surface area contributed by atoms with Gasteiger partial charge in [-0.25, -0.2) is 4.98 Å². The molecule has 1 aliphatic rings. The second-order valence-electron chi connectivity index (χ2n) is 5.27. The van der Waals surface area contributed by atoms with Crippen LogP contribution in [0.15, 0.2) is 59.8 Å². The van der Waals surface area contributed by atoms with Crippen molar-refractivity contribution in [3.05, 3.63) is 54.9 Å². The zero-order chi connectivity index (χ0) is 16.4. The number of H-pyrrole nitrogens is 1. The van der Waals surface area contributed by atoms with E-state index < -0.39 is 6.10 Å². The topological polar surface area (TPSA) is 79.9 Å². The van der Waals surface area contributed by atoms with Crippen LogP contribution in [0.2, 0.25) is 0 Å². The number of nitrogens with one attached hydrogen (secondary N) is 2. The van der Waals surface area contributed by atoms with Crippen molar-refractivity contribution in [3.8, 4) is 17.1 Å². The number of benzene rings is 2. The molecule has 2 N–H and O–H groups in total. The summed E-state index contributed by atoms with van der Waals surface area (Å²) in [7, 11) is 0. The van der Waals surface area contributed by atoms with E-state index in [9.17, 15) is 4.79 Å². The summed E-state index contributed by atoms with van der Waals surface area (Å²) in [5.41, 5.74) is 1.55. The number of nitrogens with zero attached hydrogens (tertiary/aromatic N) is 2. The average molecular weight is 338 g/mol. The second-order valence-corrected chi connectivity index (χ2v) is 6.33. The molecule has 0 saturated heterocycles. The van der Waals surface area contributed by atoms with Gasteiger partial charge in [-0.15, -0.1) is 11.8 Å². The number of hydrogen-bond donors (Lipinski definition) is 2. The number of thioether (sulfide) groups is 1. The molecular formula is C17H14N4O2S. The van der Waals surface area contributed by atoms with Crippen LogP contribution in [0.4, 0.5) is 5.69 Å². The number of carbonyl (C=O) groups excluding carboxylic acids is 1. The van der Waals surface area contributed by atoms with Gasteiger partial charge >= 0.3 is 0 Å². The van der Waals surface area contributed by atoms with E-state index in [1.54, 1.807) is 11.8 Å². The van der Waals surface area contributed by atoms with E-state index in [2.05, 4.69) is 20.5 Å². The standard InChI is InChI=1S/C17H14N4O2S/c22-17(14-9-24-15-7-2-1-6-13(15)23-14)20-12-5-3-4-11(8-12)16-18-10-19-21-16/h1-8,10,14H,9H2,(H,20,22)(H,18,19,21)/t14-/m1/s1. The molecule has 3 aromatic rings. The summed E-state index contributed by atoms with van der Waals surface area (Å²) in [5, 5.41) is 9.55. The van der Waals surface area contributed by atoms with Crippen LogP contribution in [0.5, 0.6) is 5.75 Å². The van der Waals surface area contributed by atoms with E-state index in [4.69, 9.17) is 4.74 Å². The predicted molar refractivity (Wildman–Crippen MR) is 92.0 cm³/mol. The third kappa shape index (κ3) is 2.98. The van der Waals surface area contributed by atoms with Crippen LogP contribution < -0.4 is 10.1 Å². The lowest BCUT2D eigenvalue weighted by atomic mass is 10.2. The minimum absolute atomic E-state index is 0.160. The molecule has 1 amide bonds. The van der Waals surface area contributed by atoms with Crippen molar-refractivity contribution in [2.24, 2.45) is 0 Å². The number of anilines is 1. The minimum Gasteiger partial charge on any atom is -0.479 e. The van der Waals surface area contributed by atoms with Crippen LogP contribution in [0, 0.1) is 0 Å². The van der Waals surface area contributed by atoms with Gasteiger partial charge in [0.15, 0.2) is 11.9 Å². The fraction of sp³-hybridized carbons (Fsp3) is 0.118. The van der Waals surface area contributed by atoms with Gasteiger partial charge < -0.3 is 10.1 Å². The quantitative estimate of drug-likeness (QED) is 0.767. The van der Waals surface area contributed by atoms with Crippen molar-refractivity contribution in [1.29, 1.82) is 0 Å². The van der Waals surface area contributed by atoms with E-state index in [-0.39, 0.29) is 5.91 Å². The van der Waals surface area contributed by atoms with Crippen molar-refractivity contribution >= 4 is 23.4 Å². The smallest absolute Gasteiger partial charge is 0.266 e. The third-order valence-electron chi connectivity index (χ3n) is 3.62. The average Bonchev–Trinajstić information content (AvgIpc) is 3.16. The fourth-order valence-electron chi connectivity index (χ4n) is 2.46. The Labute approximate surface area is 142 Å². The van der Waals surface area contributed by atoms with Gasteiger partial charge in [-0.2, -0.15) is 5.10 Å². The Bertz CT molecular complexity index is 867. The molecule has 1 aliphatic heterocycles. The molecule has 6 nitrogen and oxygen atoms in total. The second kappa shape index (κ2) is 6.37. The van der Waals surface area contributed by atoms with Crippen LogP contribution in [0.25, 0.3) is 11.4 Å². The first-order chi connectivity index (χ1) is 11.8. The summed E-state index contributed by atoms with van der Waals surface area (Å²) in [4.78, 5) is 17.7. The molecule has 0 spiro atoms. The normalized spacial score (nSPS) is 16.1. The van der Waals surface area contributed by atoms with Crippen molar-refractivity contribution in [1.82, 2.24) is 15.2 Å². The number of para-hydroxylation sites is 1. The van der Waals surface area contributed by atoms with Gasteiger partial charge in [0.05, 0.1) is 0 Å². The molecule has 0 saturated carbocycles. The van der Waals surface area contributed by atoms with Gasteiger partial charge in [-0.3, -0.25) is 9.89 Å². The maximum absolute atomic E-state index is 12.5. The number of amides is 1. The predicted octanol–water partition coefficient (Wildman–Crippen LogP) is 2.96. The molecule has 0 fully saturated rings. The van der Waals surface area contributed by atoms with Gasteiger partial charge in [0.1, 0.15) is 12.1 Å². The highest BCUT2D eigenvalue weighted by Gasteiger charge is 2.26. The molecule has 0 bridgehead atoms. The zero-order valence-corrected chi connectivity index (χ0v) is 13.4. The maximum Gasteiger partial charge on any atom is 0.266 e. The van der Waals surface area contributed by atoms with E-state index in [1.807, 2.05) is 48.5 Å². The first kappa shape index (κ1) is 14.8. The number of aromatic amines is 1. The number of hydrogen-bond acceptors (Lipinski definition) is 5. The highest BCUT2D eigenvalue weighted by atomic mass is 32.2. The van der Waals surface area contributed by atoms with E-state index in [0.717, 1.165) is 16.2 Å². The first-order valence-corrected chi connectivity index (χ1v) is 8.43. The van der Waals surface area contributed by atoms with E-state index in [0.29, 0.717) is 17.3 Å². The maximum atomic E-state index is 12.5. The lowest BCUT2D eigenvalue weighted by Gasteiger charge is -2.24. The first-order valence-electron chi connectivity index (χ1n) is 7.45. The van der Waals surface area contributed by atoms with Crippen LogP contribution in [0.3, 0.4) is 0 Å². The van der Waals surface area contributed by atoms with Gasteiger partial charge in [-0.05, 0) is 24.3 Å². The van der Waals surface area contributed by atoms with Crippen molar-refractivity contribution < 1.29 is 9.53 Å². The molecular weight excluding hydrogens is 324 g/mol. The minimum atomic E-state index is -0.515. The van der Waals surface area contributed by atoms with E-state index in [1.165, 1.54) is 6.33 Å². The van der Waals surface area contributed by atoms with Crippen molar-refractivity contribution in [2.45, 2.75) is 11.0 Å². The lowest BCUT2D eigenvalue weighted by molar-refractivity contribution is -0.122. The summed E-state index contributed by atoms with van der Waals surface area (Å²) in [6.07, 6.45) is 0.935. The monoisotopic (exact) mass is 338 g/mol.